The van der Waals surface area contributed by atoms with Crippen LogP contribution in [0, 0.1) is 0 Å². The summed E-state index contributed by atoms with van der Waals surface area (Å²) in [5, 5.41) is 1.39. The topological polar surface area (TPSA) is 51.8 Å². The number of halogens is 1. The number of esters is 1. The zero-order valence-electron chi connectivity index (χ0n) is 13.4. The van der Waals surface area contributed by atoms with E-state index in [1.54, 1.807) is 12.1 Å². The minimum absolute atomic E-state index is 0.209. The first-order valence-electron chi connectivity index (χ1n) is 7.79. The number of carbonyl (C=O) groups is 1. The van der Waals surface area contributed by atoms with Crippen molar-refractivity contribution in [3.63, 3.8) is 0 Å². The summed E-state index contributed by atoms with van der Waals surface area (Å²) < 4.78 is 11.0. The van der Waals surface area contributed by atoms with E-state index in [9.17, 15) is 4.79 Å². The minimum atomic E-state index is -0.493. The molecule has 3 aromatic rings. The SMILES string of the molecule is O=C1OC(c2ccccc2)=N/C1=C/c1ccc(Sc2ccc(Cl)cc2)o1. The molecule has 0 atom stereocenters. The van der Waals surface area contributed by atoms with Crippen LogP contribution in [-0.2, 0) is 9.53 Å². The Morgan fingerprint density at radius 2 is 1.73 bits per heavy atom. The van der Waals surface area contributed by atoms with Crippen molar-refractivity contribution in [2.45, 2.75) is 9.99 Å². The van der Waals surface area contributed by atoms with Gasteiger partial charge in [0.1, 0.15) is 5.76 Å². The summed E-state index contributed by atoms with van der Waals surface area (Å²) in [6, 6.07) is 20.4. The molecule has 1 aliphatic rings. The van der Waals surface area contributed by atoms with Crippen molar-refractivity contribution in [1.82, 2.24) is 0 Å². The number of ether oxygens (including phenoxy) is 1. The zero-order valence-corrected chi connectivity index (χ0v) is 15.0. The minimum Gasteiger partial charge on any atom is -0.450 e. The third-order valence-electron chi connectivity index (χ3n) is 3.55. The van der Waals surface area contributed by atoms with E-state index < -0.39 is 5.97 Å². The molecule has 0 unspecified atom stereocenters. The predicted molar refractivity (Wildman–Crippen MR) is 101 cm³/mol. The second-order valence-corrected chi connectivity index (χ2v) is 6.93. The van der Waals surface area contributed by atoms with Crippen molar-refractivity contribution in [2.24, 2.45) is 4.99 Å². The molecule has 1 aliphatic heterocycles. The van der Waals surface area contributed by atoms with Gasteiger partial charge < -0.3 is 9.15 Å². The molecular weight excluding hydrogens is 370 g/mol. The lowest BCUT2D eigenvalue weighted by atomic mass is 10.2. The van der Waals surface area contributed by atoms with Gasteiger partial charge in [-0.25, -0.2) is 9.79 Å². The van der Waals surface area contributed by atoms with E-state index in [4.69, 9.17) is 20.8 Å². The second-order valence-electron chi connectivity index (χ2n) is 5.41. The Labute approximate surface area is 159 Å². The maximum absolute atomic E-state index is 12.0. The van der Waals surface area contributed by atoms with Crippen LogP contribution in [-0.4, -0.2) is 11.9 Å². The number of carbonyl (C=O) groups excluding carboxylic acids is 1. The Balaban J connectivity index is 1.53. The van der Waals surface area contributed by atoms with Gasteiger partial charge in [0.05, 0.1) is 0 Å². The number of cyclic esters (lactones) is 1. The van der Waals surface area contributed by atoms with Crippen molar-refractivity contribution >= 4 is 41.3 Å². The molecule has 6 heteroatoms. The standard InChI is InChI=1S/C20H12ClNO3S/c21-14-6-9-16(10-7-14)26-18-11-8-15(24-18)12-17-20(23)25-19(22-17)13-4-2-1-3-5-13/h1-12H/b17-12+. The number of hydrogen-bond acceptors (Lipinski definition) is 5. The van der Waals surface area contributed by atoms with Crippen LogP contribution in [0.4, 0.5) is 0 Å². The largest absolute Gasteiger partial charge is 0.450 e. The summed E-state index contributed by atoms with van der Waals surface area (Å²) in [4.78, 5) is 17.3. The maximum Gasteiger partial charge on any atom is 0.363 e. The van der Waals surface area contributed by atoms with Crippen LogP contribution >= 0.6 is 23.4 Å². The van der Waals surface area contributed by atoms with Crippen LogP contribution in [0.1, 0.15) is 11.3 Å². The normalized spacial score (nSPS) is 15.2. The van der Waals surface area contributed by atoms with Gasteiger partial charge >= 0.3 is 5.97 Å². The van der Waals surface area contributed by atoms with Crippen molar-refractivity contribution in [2.75, 3.05) is 0 Å². The van der Waals surface area contributed by atoms with E-state index in [1.165, 1.54) is 11.8 Å². The van der Waals surface area contributed by atoms with Gasteiger partial charge in [-0.2, -0.15) is 0 Å². The highest BCUT2D eigenvalue weighted by Crippen LogP contribution is 2.31. The van der Waals surface area contributed by atoms with Crippen LogP contribution in [0.3, 0.4) is 0 Å². The first-order valence-corrected chi connectivity index (χ1v) is 8.98. The van der Waals surface area contributed by atoms with Gasteiger partial charge in [0.2, 0.25) is 5.90 Å². The zero-order chi connectivity index (χ0) is 17.9. The monoisotopic (exact) mass is 381 g/mol. The third-order valence-corrected chi connectivity index (χ3v) is 4.73. The molecule has 0 aliphatic carbocycles. The Morgan fingerprint density at radius 3 is 2.50 bits per heavy atom. The first-order chi connectivity index (χ1) is 12.7. The molecule has 4 rings (SSSR count). The molecule has 4 nitrogen and oxygen atoms in total. The number of nitrogens with zero attached hydrogens (tertiary/aromatic N) is 1. The lowest BCUT2D eigenvalue weighted by Gasteiger charge is -1.97. The number of rotatable bonds is 4. The number of furan rings is 1. The molecule has 0 saturated heterocycles. The smallest absolute Gasteiger partial charge is 0.363 e. The molecule has 1 aromatic heterocycles. The number of benzene rings is 2. The Bertz CT molecular complexity index is 1010. The van der Waals surface area contributed by atoms with Crippen molar-refractivity contribution in [3.8, 4) is 0 Å². The lowest BCUT2D eigenvalue weighted by molar-refractivity contribution is -0.129. The number of aliphatic imine (C=N–C) groups is 1. The molecule has 2 heterocycles. The van der Waals surface area contributed by atoms with Gasteiger partial charge in [0, 0.05) is 21.6 Å². The molecule has 0 amide bonds. The molecule has 0 N–H and O–H groups in total. The second kappa shape index (κ2) is 7.23. The maximum atomic E-state index is 12.0. The molecule has 26 heavy (non-hydrogen) atoms. The summed E-state index contributed by atoms with van der Waals surface area (Å²) in [7, 11) is 0. The predicted octanol–water partition coefficient (Wildman–Crippen LogP) is 5.43. The van der Waals surface area contributed by atoms with E-state index in [1.807, 2.05) is 60.7 Å². The van der Waals surface area contributed by atoms with Crippen LogP contribution in [0.5, 0.6) is 0 Å². The summed E-state index contributed by atoms with van der Waals surface area (Å²) >= 11 is 7.35. The highest BCUT2D eigenvalue weighted by atomic mass is 35.5. The van der Waals surface area contributed by atoms with Crippen LogP contribution in [0.2, 0.25) is 5.02 Å². The molecular formula is C20H12ClNO3S. The third kappa shape index (κ3) is 3.74. The van der Waals surface area contributed by atoms with Gasteiger partial charge in [-0.3, -0.25) is 0 Å². The highest BCUT2D eigenvalue weighted by molar-refractivity contribution is 7.99. The molecule has 128 valence electrons. The van der Waals surface area contributed by atoms with Gasteiger partial charge in [-0.05, 0) is 48.5 Å². The molecule has 2 aromatic carbocycles. The fourth-order valence-corrected chi connectivity index (χ4v) is 3.24. The molecule has 0 saturated carbocycles. The molecule has 0 radical (unpaired) electrons. The Morgan fingerprint density at radius 1 is 0.962 bits per heavy atom. The summed E-state index contributed by atoms with van der Waals surface area (Å²) in [6.07, 6.45) is 1.57. The van der Waals surface area contributed by atoms with Gasteiger partial charge in [0.25, 0.3) is 0 Å². The van der Waals surface area contributed by atoms with E-state index >= 15 is 0 Å². The van der Waals surface area contributed by atoms with Crippen LogP contribution in [0.15, 0.2) is 91.8 Å². The summed E-state index contributed by atoms with van der Waals surface area (Å²) in [6.45, 7) is 0. The van der Waals surface area contributed by atoms with E-state index in [0.717, 1.165) is 10.5 Å². The average molecular weight is 382 g/mol. The van der Waals surface area contributed by atoms with Crippen molar-refractivity contribution < 1.29 is 13.9 Å². The van der Waals surface area contributed by atoms with Gasteiger partial charge in [-0.1, -0.05) is 41.6 Å². The summed E-state index contributed by atoms with van der Waals surface area (Å²) in [5.74, 6) is 0.336. The fraction of sp³-hybridized carbons (Fsp3) is 0. The van der Waals surface area contributed by atoms with Gasteiger partial charge in [0.15, 0.2) is 10.8 Å². The first kappa shape index (κ1) is 16.7. The van der Waals surface area contributed by atoms with Gasteiger partial charge in [-0.15, -0.1) is 0 Å². The summed E-state index contributed by atoms with van der Waals surface area (Å²) in [5.41, 5.74) is 0.962. The van der Waals surface area contributed by atoms with E-state index in [2.05, 4.69) is 4.99 Å². The highest BCUT2D eigenvalue weighted by Gasteiger charge is 2.24. The van der Waals surface area contributed by atoms with E-state index in [0.29, 0.717) is 21.8 Å². The average Bonchev–Trinajstić information content (AvgIpc) is 3.25. The van der Waals surface area contributed by atoms with Crippen LogP contribution < -0.4 is 0 Å². The van der Waals surface area contributed by atoms with Crippen LogP contribution in [0.25, 0.3) is 6.08 Å². The molecule has 0 bridgehead atoms. The quantitative estimate of drug-likeness (QED) is 0.446. The van der Waals surface area contributed by atoms with Crippen molar-refractivity contribution in [3.05, 3.63) is 88.8 Å². The van der Waals surface area contributed by atoms with E-state index in [-0.39, 0.29) is 5.70 Å². The molecule has 0 spiro atoms. The Hall–Kier alpha value is -2.76. The Kier molecular flexibility index (Phi) is 4.65. The number of hydrogen-bond donors (Lipinski definition) is 0. The lowest BCUT2D eigenvalue weighted by Crippen LogP contribution is -2.04. The fourth-order valence-electron chi connectivity index (χ4n) is 2.33. The van der Waals surface area contributed by atoms with Crippen molar-refractivity contribution in [1.29, 1.82) is 0 Å². The molecule has 0 fully saturated rings.